The molecule has 35 heavy (non-hydrogen) atoms. The summed E-state index contributed by atoms with van der Waals surface area (Å²) in [6, 6.07) is 19.6. The monoisotopic (exact) mass is 478 g/mol. The summed E-state index contributed by atoms with van der Waals surface area (Å²) in [6.07, 6.45) is -0.566. The van der Waals surface area contributed by atoms with Crippen LogP contribution in [0.5, 0.6) is 0 Å². The van der Waals surface area contributed by atoms with E-state index in [2.05, 4.69) is 4.98 Å². The zero-order valence-electron chi connectivity index (χ0n) is 19.8. The highest BCUT2D eigenvalue weighted by Gasteiger charge is 2.69. The maximum atomic E-state index is 12.7. The van der Waals surface area contributed by atoms with Crippen LogP contribution in [0.25, 0.3) is 0 Å². The van der Waals surface area contributed by atoms with E-state index in [-0.39, 0.29) is 18.4 Å². The van der Waals surface area contributed by atoms with Crippen molar-refractivity contribution < 1.29 is 19.3 Å². The van der Waals surface area contributed by atoms with Crippen LogP contribution in [0, 0.1) is 18.8 Å². The Kier molecular flexibility index (Phi) is 6.46. The zero-order chi connectivity index (χ0) is 24.6. The summed E-state index contributed by atoms with van der Waals surface area (Å²) >= 11 is 0. The molecule has 0 radical (unpaired) electrons. The summed E-state index contributed by atoms with van der Waals surface area (Å²) in [5, 5.41) is 11.3. The van der Waals surface area contributed by atoms with Crippen molar-refractivity contribution in [3.63, 3.8) is 0 Å². The molecule has 2 bridgehead atoms. The van der Waals surface area contributed by atoms with Crippen molar-refractivity contribution in [1.29, 1.82) is 0 Å². The lowest BCUT2D eigenvalue weighted by Gasteiger charge is -2.38. The molecule has 1 saturated heterocycles. The minimum Gasteiger partial charge on any atom is -0.390 e. The van der Waals surface area contributed by atoms with Gasteiger partial charge < -0.3 is 19.3 Å². The van der Waals surface area contributed by atoms with E-state index in [0.717, 1.165) is 11.1 Å². The highest BCUT2D eigenvalue weighted by molar-refractivity contribution is 5.19. The van der Waals surface area contributed by atoms with E-state index in [1.54, 1.807) is 6.92 Å². The summed E-state index contributed by atoms with van der Waals surface area (Å²) in [5.41, 5.74) is 0.254. The van der Waals surface area contributed by atoms with Crippen molar-refractivity contribution in [3.8, 4) is 0 Å². The number of hydrogen-bond donors (Lipinski definition) is 2. The molecule has 1 aliphatic carbocycles. The standard InChI is InChI=1S/C27H30N2O6/c1-17-13-29(26(32)28-24(17)31)25-21-18(2)22(30)27(35-25,16-33-14-19-9-5-3-6-10-19)23(21)34-15-20-11-7-4-8-12-20/h3-13,18,21-23,25,30H,14-16H2,1-2H3,(H,28,31,32)/t18-,21-,22+,23+,25-,27+/m1/s1. The number of benzene rings is 2. The van der Waals surface area contributed by atoms with Crippen LogP contribution in [-0.4, -0.2) is 39.1 Å². The molecule has 2 aromatic carbocycles. The third-order valence-electron chi connectivity index (χ3n) is 7.24. The van der Waals surface area contributed by atoms with Crippen molar-refractivity contribution in [1.82, 2.24) is 9.55 Å². The average molecular weight is 479 g/mol. The molecule has 8 heteroatoms. The minimum atomic E-state index is -1.16. The number of nitrogens with zero attached hydrogens (tertiary/aromatic N) is 1. The fourth-order valence-electron chi connectivity index (χ4n) is 5.41. The number of ether oxygens (including phenoxy) is 3. The Bertz CT molecular complexity index is 1270. The van der Waals surface area contributed by atoms with Gasteiger partial charge in [0.2, 0.25) is 0 Å². The summed E-state index contributed by atoms with van der Waals surface area (Å²) in [4.78, 5) is 27.0. The van der Waals surface area contributed by atoms with Crippen molar-refractivity contribution >= 4 is 0 Å². The molecular formula is C27H30N2O6. The molecule has 2 aliphatic rings. The van der Waals surface area contributed by atoms with Crippen molar-refractivity contribution in [2.24, 2.45) is 11.8 Å². The van der Waals surface area contributed by atoms with Gasteiger partial charge in [-0.15, -0.1) is 0 Å². The molecule has 1 aliphatic heterocycles. The van der Waals surface area contributed by atoms with Gasteiger partial charge in [0.1, 0.15) is 11.8 Å². The van der Waals surface area contributed by atoms with E-state index in [9.17, 15) is 14.7 Å². The van der Waals surface area contributed by atoms with E-state index in [4.69, 9.17) is 14.2 Å². The Morgan fingerprint density at radius 3 is 2.31 bits per heavy atom. The van der Waals surface area contributed by atoms with Crippen molar-refractivity contribution in [2.45, 2.75) is 51.1 Å². The molecular weight excluding hydrogens is 448 g/mol. The molecule has 3 aromatic rings. The number of fused-ring (bicyclic) bond motifs is 2. The minimum absolute atomic E-state index is 0.0942. The van der Waals surface area contributed by atoms with Crippen LogP contribution in [-0.2, 0) is 27.4 Å². The highest BCUT2D eigenvalue weighted by atomic mass is 16.6. The number of nitrogens with one attached hydrogen (secondary N) is 1. The largest absolute Gasteiger partial charge is 0.390 e. The topological polar surface area (TPSA) is 103 Å². The van der Waals surface area contributed by atoms with Gasteiger partial charge in [0.05, 0.1) is 32.0 Å². The van der Waals surface area contributed by atoms with Crippen LogP contribution in [0.2, 0.25) is 0 Å². The number of hydrogen-bond acceptors (Lipinski definition) is 6. The van der Waals surface area contributed by atoms with Crippen LogP contribution in [0.4, 0.5) is 0 Å². The molecule has 2 fully saturated rings. The highest BCUT2D eigenvalue weighted by Crippen LogP contribution is 2.57. The normalized spacial score (nSPS) is 29.5. The SMILES string of the molecule is Cc1cn([C@@H]2O[C@@]3(COCc4ccccc4)[C@@H](O)[C@H](C)[C@@H]2[C@@H]3OCc2ccccc2)c(=O)[nH]c1=O. The second kappa shape index (κ2) is 9.54. The van der Waals surface area contributed by atoms with Crippen LogP contribution >= 0.6 is 0 Å². The molecule has 2 heterocycles. The number of aromatic nitrogens is 2. The van der Waals surface area contributed by atoms with Gasteiger partial charge in [0.15, 0.2) is 0 Å². The smallest absolute Gasteiger partial charge is 0.330 e. The molecule has 2 N–H and O–H groups in total. The van der Waals surface area contributed by atoms with Crippen molar-refractivity contribution in [3.05, 3.63) is 104 Å². The first-order valence-electron chi connectivity index (χ1n) is 11.9. The molecule has 0 unspecified atom stereocenters. The third kappa shape index (κ3) is 4.27. The van der Waals surface area contributed by atoms with E-state index < -0.39 is 35.3 Å². The summed E-state index contributed by atoms with van der Waals surface area (Å²) in [5.74, 6) is -0.550. The summed E-state index contributed by atoms with van der Waals surface area (Å²) in [7, 11) is 0. The van der Waals surface area contributed by atoms with E-state index in [1.807, 2.05) is 67.6 Å². The van der Waals surface area contributed by atoms with Gasteiger partial charge >= 0.3 is 5.69 Å². The van der Waals surface area contributed by atoms with Gasteiger partial charge in [0.25, 0.3) is 5.56 Å². The fourth-order valence-corrected chi connectivity index (χ4v) is 5.41. The number of rotatable bonds is 8. The Hall–Kier alpha value is -3.04. The lowest BCUT2D eigenvalue weighted by molar-refractivity contribution is -0.217. The third-order valence-corrected chi connectivity index (χ3v) is 7.24. The maximum absolute atomic E-state index is 12.7. The predicted octanol–water partition coefficient (Wildman–Crippen LogP) is 2.54. The number of H-pyrrole nitrogens is 1. The van der Waals surface area contributed by atoms with Crippen molar-refractivity contribution in [2.75, 3.05) is 6.61 Å². The molecule has 8 nitrogen and oxygen atoms in total. The second-order valence-electron chi connectivity index (χ2n) is 9.52. The lowest BCUT2D eigenvalue weighted by atomic mass is 9.92. The van der Waals surface area contributed by atoms with E-state index >= 15 is 0 Å². The molecule has 0 amide bonds. The second-order valence-corrected chi connectivity index (χ2v) is 9.52. The number of aliphatic hydroxyl groups is 1. The molecule has 184 valence electrons. The van der Waals surface area contributed by atoms with Gasteiger partial charge in [-0.25, -0.2) is 4.79 Å². The molecule has 0 spiro atoms. The molecule has 1 aromatic heterocycles. The van der Waals surface area contributed by atoms with Gasteiger partial charge in [-0.05, 0) is 24.0 Å². The predicted molar refractivity (Wildman–Crippen MR) is 129 cm³/mol. The van der Waals surface area contributed by atoms with Crippen LogP contribution in [0.15, 0.2) is 76.4 Å². The Labute approximate surface area is 203 Å². The van der Waals surface area contributed by atoms with Gasteiger partial charge in [0, 0.05) is 17.7 Å². The quantitative estimate of drug-likeness (QED) is 0.516. The summed E-state index contributed by atoms with van der Waals surface area (Å²) < 4.78 is 20.4. The number of aryl methyl sites for hydroxylation is 1. The van der Waals surface area contributed by atoms with Crippen LogP contribution in [0.1, 0.15) is 29.8 Å². The zero-order valence-corrected chi connectivity index (χ0v) is 19.8. The van der Waals surface area contributed by atoms with Crippen LogP contribution in [0.3, 0.4) is 0 Å². The molecule has 1 saturated carbocycles. The molecule has 5 rings (SSSR count). The number of aliphatic hydroxyl groups excluding tert-OH is 1. The van der Waals surface area contributed by atoms with Gasteiger partial charge in [-0.1, -0.05) is 67.6 Å². The van der Waals surface area contributed by atoms with Gasteiger partial charge in [-0.3, -0.25) is 14.3 Å². The van der Waals surface area contributed by atoms with E-state index in [0.29, 0.717) is 18.8 Å². The van der Waals surface area contributed by atoms with E-state index in [1.165, 1.54) is 10.8 Å². The maximum Gasteiger partial charge on any atom is 0.330 e. The Morgan fingerprint density at radius 1 is 1.03 bits per heavy atom. The Morgan fingerprint density at radius 2 is 1.66 bits per heavy atom. The first-order valence-corrected chi connectivity index (χ1v) is 11.9. The average Bonchev–Trinajstić information content (AvgIpc) is 3.28. The lowest BCUT2D eigenvalue weighted by Crippen LogP contribution is -2.53. The number of aromatic amines is 1. The Balaban J connectivity index is 1.47. The first kappa shape index (κ1) is 23.7. The van der Waals surface area contributed by atoms with Crippen LogP contribution < -0.4 is 11.2 Å². The van der Waals surface area contributed by atoms with Gasteiger partial charge in [-0.2, -0.15) is 0 Å². The first-order chi connectivity index (χ1) is 16.9. The molecule has 6 atom stereocenters. The summed E-state index contributed by atoms with van der Waals surface area (Å²) in [6.45, 7) is 4.36. The fraction of sp³-hybridized carbons (Fsp3) is 0.407.